The van der Waals surface area contributed by atoms with E-state index < -0.39 is 0 Å². The molecule has 1 aliphatic carbocycles. The van der Waals surface area contributed by atoms with E-state index in [0.29, 0.717) is 5.41 Å². The molecule has 0 aliphatic heterocycles. The van der Waals surface area contributed by atoms with Crippen LogP contribution in [0.4, 0.5) is 0 Å². The average Bonchev–Trinajstić information content (AvgIpc) is 2.84. The third kappa shape index (κ3) is 1.36. The molecule has 78 valence electrons. The predicted molar refractivity (Wildman–Crippen MR) is 61.9 cm³/mol. The van der Waals surface area contributed by atoms with Crippen LogP contribution >= 0.6 is 0 Å². The van der Waals surface area contributed by atoms with Crippen molar-refractivity contribution in [1.82, 2.24) is 9.97 Å². The summed E-state index contributed by atoms with van der Waals surface area (Å²) in [6.45, 7) is 2.33. The number of hydrogen-bond acceptors (Lipinski definition) is 1. The van der Waals surface area contributed by atoms with Gasteiger partial charge in [-0.15, -0.1) is 0 Å². The number of benzene rings is 1. The number of nitrogens with one attached hydrogen (secondary N) is 1. The van der Waals surface area contributed by atoms with Gasteiger partial charge in [-0.2, -0.15) is 0 Å². The molecule has 0 bridgehead atoms. The lowest BCUT2D eigenvalue weighted by molar-refractivity contribution is 0.465. The molecule has 0 radical (unpaired) electrons. The van der Waals surface area contributed by atoms with Crippen molar-refractivity contribution in [3.63, 3.8) is 0 Å². The summed E-state index contributed by atoms with van der Waals surface area (Å²) in [4.78, 5) is 8.18. The number of para-hydroxylation sites is 2. The monoisotopic (exact) mass is 200 g/mol. The van der Waals surface area contributed by atoms with Gasteiger partial charge in [0.25, 0.3) is 0 Å². The summed E-state index contributed by atoms with van der Waals surface area (Å²) in [6.07, 6.45) is 5.22. The highest BCUT2D eigenvalue weighted by atomic mass is 14.9. The topological polar surface area (TPSA) is 28.7 Å². The zero-order chi connectivity index (χ0) is 10.3. The minimum Gasteiger partial charge on any atom is -0.342 e. The van der Waals surface area contributed by atoms with Crippen molar-refractivity contribution >= 4 is 11.0 Å². The first-order valence-corrected chi connectivity index (χ1v) is 5.73. The van der Waals surface area contributed by atoms with Crippen LogP contribution in [0.5, 0.6) is 0 Å². The molecule has 1 N–H and O–H groups in total. The molecule has 2 heteroatoms. The largest absolute Gasteiger partial charge is 0.342 e. The molecule has 1 aromatic heterocycles. The van der Waals surface area contributed by atoms with Gasteiger partial charge in [-0.05, 0) is 25.0 Å². The van der Waals surface area contributed by atoms with Crippen molar-refractivity contribution < 1.29 is 0 Å². The van der Waals surface area contributed by atoms with Gasteiger partial charge in [0.1, 0.15) is 5.82 Å². The molecule has 15 heavy (non-hydrogen) atoms. The number of fused-ring (bicyclic) bond motifs is 1. The molecule has 0 unspecified atom stereocenters. The van der Waals surface area contributed by atoms with E-state index in [1.165, 1.54) is 37.0 Å². The predicted octanol–water partition coefficient (Wildman–Crippen LogP) is 3.39. The van der Waals surface area contributed by atoms with Gasteiger partial charge >= 0.3 is 0 Å². The highest BCUT2D eigenvalue weighted by Gasteiger charge is 2.33. The van der Waals surface area contributed by atoms with E-state index in [-0.39, 0.29) is 0 Å². The van der Waals surface area contributed by atoms with Crippen LogP contribution in [-0.2, 0) is 5.41 Å². The van der Waals surface area contributed by atoms with Crippen LogP contribution in [0.15, 0.2) is 24.3 Å². The molecule has 1 aromatic carbocycles. The zero-order valence-electron chi connectivity index (χ0n) is 9.09. The van der Waals surface area contributed by atoms with Crippen molar-refractivity contribution in [3.05, 3.63) is 30.1 Å². The van der Waals surface area contributed by atoms with E-state index in [1.54, 1.807) is 0 Å². The van der Waals surface area contributed by atoms with Crippen molar-refractivity contribution in [3.8, 4) is 0 Å². The number of hydrogen-bond donors (Lipinski definition) is 1. The SMILES string of the molecule is CC1(c2nc3ccccc3[nH]2)CCCC1. The van der Waals surface area contributed by atoms with Crippen LogP contribution in [0.1, 0.15) is 38.4 Å². The summed E-state index contributed by atoms with van der Waals surface area (Å²) in [5.74, 6) is 1.18. The Bertz CT molecular complexity index is 445. The van der Waals surface area contributed by atoms with Gasteiger partial charge in [-0.1, -0.05) is 31.9 Å². The molecule has 1 heterocycles. The number of H-pyrrole nitrogens is 1. The first kappa shape index (κ1) is 8.96. The van der Waals surface area contributed by atoms with Crippen LogP contribution in [0.25, 0.3) is 11.0 Å². The number of nitrogens with zero attached hydrogens (tertiary/aromatic N) is 1. The summed E-state index contributed by atoms with van der Waals surface area (Å²) >= 11 is 0. The van der Waals surface area contributed by atoms with Gasteiger partial charge in [0.2, 0.25) is 0 Å². The smallest absolute Gasteiger partial charge is 0.113 e. The van der Waals surface area contributed by atoms with Crippen LogP contribution in [-0.4, -0.2) is 9.97 Å². The van der Waals surface area contributed by atoms with Crippen molar-refractivity contribution in [2.24, 2.45) is 0 Å². The molecule has 0 amide bonds. The van der Waals surface area contributed by atoms with E-state index in [4.69, 9.17) is 4.98 Å². The maximum absolute atomic E-state index is 4.71. The second kappa shape index (κ2) is 3.09. The average molecular weight is 200 g/mol. The van der Waals surface area contributed by atoms with Crippen LogP contribution in [0, 0.1) is 0 Å². The maximum atomic E-state index is 4.71. The fourth-order valence-electron chi connectivity index (χ4n) is 2.63. The number of aromatic amines is 1. The quantitative estimate of drug-likeness (QED) is 0.751. The van der Waals surface area contributed by atoms with Crippen LogP contribution < -0.4 is 0 Å². The van der Waals surface area contributed by atoms with Gasteiger partial charge in [0.05, 0.1) is 11.0 Å². The Labute approximate surface area is 89.7 Å². The van der Waals surface area contributed by atoms with Gasteiger partial charge < -0.3 is 4.98 Å². The third-order valence-corrected chi connectivity index (χ3v) is 3.67. The number of rotatable bonds is 1. The second-order valence-corrected chi connectivity index (χ2v) is 4.87. The summed E-state index contributed by atoms with van der Waals surface area (Å²) in [6, 6.07) is 8.28. The minimum atomic E-state index is 0.291. The highest BCUT2D eigenvalue weighted by Crippen LogP contribution is 2.39. The Morgan fingerprint density at radius 2 is 1.93 bits per heavy atom. The Hall–Kier alpha value is -1.31. The van der Waals surface area contributed by atoms with E-state index in [9.17, 15) is 0 Å². The molecule has 0 spiro atoms. The van der Waals surface area contributed by atoms with Gasteiger partial charge in [-0.3, -0.25) is 0 Å². The molecule has 2 nitrogen and oxygen atoms in total. The lowest BCUT2D eigenvalue weighted by Gasteiger charge is -2.19. The fraction of sp³-hybridized carbons (Fsp3) is 0.462. The van der Waals surface area contributed by atoms with Gasteiger partial charge in [0, 0.05) is 5.41 Å². The second-order valence-electron chi connectivity index (χ2n) is 4.87. The molecule has 2 aromatic rings. The van der Waals surface area contributed by atoms with E-state index in [2.05, 4.69) is 30.1 Å². The molecule has 3 rings (SSSR count). The van der Waals surface area contributed by atoms with Crippen LogP contribution in [0.2, 0.25) is 0 Å². The van der Waals surface area contributed by atoms with Crippen LogP contribution in [0.3, 0.4) is 0 Å². The first-order valence-electron chi connectivity index (χ1n) is 5.73. The minimum absolute atomic E-state index is 0.291. The Kier molecular flexibility index (Phi) is 1.84. The highest BCUT2D eigenvalue weighted by molar-refractivity contribution is 5.75. The van der Waals surface area contributed by atoms with Crippen molar-refractivity contribution in [1.29, 1.82) is 0 Å². The standard InChI is InChI=1S/C13H16N2/c1-13(8-4-5-9-13)12-14-10-6-2-3-7-11(10)15-12/h2-3,6-7H,4-5,8-9H2,1H3,(H,14,15). The Balaban J connectivity index is 2.11. The molecule has 0 atom stereocenters. The first-order chi connectivity index (χ1) is 7.28. The Morgan fingerprint density at radius 1 is 1.20 bits per heavy atom. The maximum Gasteiger partial charge on any atom is 0.113 e. The molecule has 1 aliphatic rings. The van der Waals surface area contributed by atoms with E-state index >= 15 is 0 Å². The van der Waals surface area contributed by atoms with Crippen molar-refractivity contribution in [2.75, 3.05) is 0 Å². The number of aromatic nitrogens is 2. The summed E-state index contributed by atoms with van der Waals surface area (Å²) in [7, 11) is 0. The zero-order valence-corrected chi connectivity index (χ0v) is 9.09. The summed E-state index contributed by atoms with van der Waals surface area (Å²) in [5, 5.41) is 0. The summed E-state index contributed by atoms with van der Waals surface area (Å²) < 4.78 is 0. The lowest BCUT2D eigenvalue weighted by Crippen LogP contribution is -2.18. The van der Waals surface area contributed by atoms with E-state index in [1.807, 2.05) is 6.07 Å². The molecule has 1 saturated carbocycles. The third-order valence-electron chi connectivity index (χ3n) is 3.67. The van der Waals surface area contributed by atoms with E-state index in [0.717, 1.165) is 5.52 Å². The van der Waals surface area contributed by atoms with Gasteiger partial charge in [-0.25, -0.2) is 4.98 Å². The molecule has 1 fully saturated rings. The van der Waals surface area contributed by atoms with Gasteiger partial charge in [0.15, 0.2) is 0 Å². The molecular formula is C13H16N2. The van der Waals surface area contributed by atoms with Crippen molar-refractivity contribution in [2.45, 2.75) is 38.0 Å². The number of imidazole rings is 1. The molecular weight excluding hydrogens is 184 g/mol. The Morgan fingerprint density at radius 3 is 2.67 bits per heavy atom. The summed E-state index contributed by atoms with van der Waals surface area (Å²) in [5.41, 5.74) is 2.56. The molecule has 0 saturated heterocycles. The normalized spacial score (nSPS) is 19.8. The lowest BCUT2D eigenvalue weighted by atomic mass is 9.88. The fourth-order valence-corrected chi connectivity index (χ4v) is 2.63.